The molecule has 26 heavy (non-hydrogen) atoms. The number of hydrogen-bond donors (Lipinski definition) is 0. The predicted molar refractivity (Wildman–Crippen MR) is 88.3 cm³/mol. The van der Waals surface area contributed by atoms with Gasteiger partial charge in [-0.1, -0.05) is 35.6 Å². The molecular formula is C17H10F4N4S. The number of rotatable bonds is 3. The van der Waals surface area contributed by atoms with Gasteiger partial charge in [-0.2, -0.15) is 22.8 Å². The summed E-state index contributed by atoms with van der Waals surface area (Å²) in [7, 11) is 0. The Balaban J connectivity index is 1.69. The van der Waals surface area contributed by atoms with Gasteiger partial charge in [0.05, 0.1) is 5.56 Å². The Morgan fingerprint density at radius 3 is 2.50 bits per heavy atom. The van der Waals surface area contributed by atoms with E-state index in [0.717, 1.165) is 29.0 Å². The van der Waals surface area contributed by atoms with Crippen LogP contribution in [-0.2, 0) is 12.6 Å². The first-order valence-corrected chi connectivity index (χ1v) is 8.35. The second kappa shape index (κ2) is 6.17. The van der Waals surface area contributed by atoms with Crippen LogP contribution in [-0.4, -0.2) is 19.8 Å². The zero-order chi connectivity index (χ0) is 18.3. The molecule has 0 saturated heterocycles. The summed E-state index contributed by atoms with van der Waals surface area (Å²) in [5, 5.41) is 12.8. The van der Waals surface area contributed by atoms with Gasteiger partial charge in [-0.25, -0.2) is 4.39 Å². The highest BCUT2D eigenvalue weighted by Gasteiger charge is 2.30. The van der Waals surface area contributed by atoms with Crippen LogP contribution in [0.4, 0.5) is 17.6 Å². The third-order valence-electron chi connectivity index (χ3n) is 3.77. The average molecular weight is 378 g/mol. The molecule has 0 atom stereocenters. The minimum Gasteiger partial charge on any atom is -0.207 e. The maximum atomic E-state index is 13.0. The van der Waals surface area contributed by atoms with Gasteiger partial charge in [0, 0.05) is 12.0 Å². The van der Waals surface area contributed by atoms with E-state index in [-0.39, 0.29) is 5.82 Å². The summed E-state index contributed by atoms with van der Waals surface area (Å²) in [6.07, 6.45) is -4.03. The fourth-order valence-electron chi connectivity index (χ4n) is 2.50. The summed E-state index contributed by atoms with van der Waals surface area (Å²) in [4.78, 5) is 0.481. The molecule has 9 heteroatoms. The van der Waals surface area contributed by atoms with E-state index in [1.54, 1.807) is 18.2 Å². The standard InChI is InChI=1S/C17H10F4N4S/c18-13-6-4-10(5-7-13)8-14-22-23-16-25(14)24-15(26-16)11-2-1-3-12(9-11)17(19,20)21/h1-7,9H,8H2. The van der Waals surface area contributed by atoms with Crippen molar-refractivity contribution < 1.29 is 17.6 Å². The van der Waals surface area contributed by atoms with Gasteiger partial charge >= 0.3 is 6.18 Å². The lowest BCUT2D eigenvalue weighted by Gasteiger charge is -2.06. The Morgan fingerprint density at radius 2 is 1.77 bits per heavy atom. The van der Waals surface area contributed by atoms with Crippen LogP contribution < -0.4 is 0 Å². The Labute approximate surface area is 148 Å². The summed E-state index contributed by atoms with van der Waals surface area (Å²) in [6.45, 7) is 0. The van der Waals surface area contributed by atoms with Crippen LogP contribution in [0.3, 0.4) is 0 Å². The number of fused-ring (bicyclic) bond motifs is 1. The van der Waals surface area contributed by atoms with E-state index in [1.165, 1.54) is 22.7 Å². The van der Waals surface area contributed by atoms with Gasteiger partial charge in [-0.3, -0.25) is 0 Å². The SMILES string of the molecule is Fc1ccc(Cc2nnc3sc(-c4cccc(C(F)(F)F)c4)nn23)cc1. The Kier molecular flexibility index (Phi) is 3.95. The molecule has 0 radical (unpaired) electrons. The number of alkyl halides is 3. The predicted octanol–water partition coefficient (Wildman–Crippen LogP) is 4.60. The molecule has 0 fully saturated rings. The lowest BCUT2D eigenvalue weighted by molar-refractivity contribution is -0.137. The highest BCUT2D eigenvalue weighted by molar-refractivity contribution is 7.19. The monoisotopic (exact) mass is 378 g/mol. The normalized spacial score (nSPS) is 12.0. The van der Waals surface area contributed by atoms with Crippen LogP contribution >= 0.6 is 11.3 Å². The molecule has 0 N–H and O–H groups in total. The largest absolute Gasteiger partial charge is 0.416 e. The van der Waals surface area contributed by atoms with Crippen LogP contribution in [0.1, 0.15) is 17.0 Å². The van der Waals surface area contributed by atoms with Gasteiger partial charge in [0.25, 0.3) is 0 Å². The van der Waals surface area contributed by atoms with E-state index in [1.807, 2.05) is 0 Å². The van der Waals surface area contributed by atoms with Gasteiger partial charge in [0.2, 0.25) is 4.96 Å². The van der Waals surface area contributed by atoms with Crippen molar-refractivity contribution in [3.8, 4) is 10.6 Å². The molecule has 4 rings (SSSR count). The summed E-state index contributed by atoms with van der Waals surface area (Å²) in [5.74, 6) is 0.196. The minimum absolute atomic E-state index is 0.333. The van der Waals surface area contributed by atoms with Crippen molar-refractivity contribution in [2.24, 2.45) is 0 Å². The quantitative estimate of drug-likeness (QED) is 0.489. The molecule has 0 aliphatic rings. The summed E-state index contributed by atoms with van der Waals surface area (Å²) >= 11 is 1.15. The van der Waals surface area contributed by atoms with Crippen molar-refractivity contribution in [1.29, 1.82) is 0 Å². The van der Waals surface area contributed by atoms with Crippen molar-refractivity contribution in [3.05, 3.63) is 71.3 Å². The Hall–Kier alpha value is -2.81. The van der Waals surface area contributed by atoms with Crippen LogP contribution in [0.5, 0.6) is 0 Å². The van der Waals surface area contributed by atoms with E-state index in [0.29, 0.717) is 27.8 Å². The minimum atomic E-state index is -4.41. The number of hydrogen-bond acceptors (Lipinski definition) is 4. The lowest BCUT2D eigenvalue weighted by Crippen LogP contribution is -2.04. The lowest BCUT2D eigenvalue weighted by atomic mass is 10.1. The average Bonchev–Trinajstić information content (AvgIpc) is 3.18. The molecule has 2 aromatic carbocycles. The molecule has 0 amide bonds. The first-order chi connectivity index (χ1) is 12.4. The van der Waals surface area contributed by atoms with E-state index < -0.39 is 11.7 Å². The maximum Gasteiger partial charge on any atom is 0.416 e. The van der Waals surface area contributed by atoms with E-state index >= 15 is 0 Å². The van der Waals surface area contributed by atoms with Gasteiger partial charge in [-0.05, 0) is 29.8 Å². The maximum absolute atomic E-state index is 13.0. The smallest absolute Gasteiger partial charge is 0.207 e. The van der Waals surface area contributed by atoms with Crippen molar-refractivity contribution in [2.45, 2.75) is 12.6 Å². The number of halogens is 4. The van der Waals surface area contributed by atoms with Gasteiger partial charge in [0.1, 0.15) is 10.8 Å². The number of aromatic nitrogens is 4. The summed E-state index contributed by atoms with van der Waals surface area (Å²) in [6, 6.07) is 11.0. The molecule has 0 aliphatic heterocycles. The van der Waals surface area contributed by atoms with Crippen LogP contribution in [0.25, 0.3) is 15.5 Å². The van der Waals surface area contributed by atoms with Gasteiger partial charge in [0.15, 0.2) is 5.82 Å². The third-order valence-corrected chi connectivity index (χ3v) is 4.72. The molecule has 0 bridgehead atoms. The Morgan fingerprint density at radius 1 is 1.00 bits per heavy atom. The molecule has 4 nitrogen and oxygen atoms in total. The number of benzene rings is 2. The van der Waals surface area contributed by atoms with Crippen LogP contribution in [0.15, 0.2) is 48.5 Å². The first kappa shape index (κ1) is 16.6. The van der Waals surface area contributed by atoms with Gasteiger partial charge < -0.3 is 0 Å². The van der Waals surface area contributed by atoms with Gasteiger partial charge in [-0.15, -0.1) is 10.2 Å². The highest BCUT2D eigenvalue weighted by atomic mass is 32.1. The van der Waals surface area contributed by atoms with Crippen molar-refractivity contribution in [3.63, 3.8) is 0 Å². The second-order valence-electron chi connectivity index (χ2n) is 5.60. The van der Waals surface area contributed by atoms with Crippen molar-refractivity contribution in [2.75, 3.05) is 0 Å². The fourth-order valence-corrected chi connectivity index (χ4v) is 3.35. The topological polar surface area (TPSA) is 43.1 Å². The molecule has 0 spiro atoms. The van der Waals surface area contributed by atoms with Crippen LogP contribution in [0.2, 0.25) is 0 Å². The molecule has 2 heterocycles. The molecule has 0 saturated carbocycles. The zero-order valence-electron chi connectivity index (χ0n) is 13.0. The third kappa shape index (κ3) is 3.17. The van der Waals surface area contributed by atoms with Crippen LogP contribution in [0, 0.1) is 5.82 Å². The highest BCUT2D eigenvalue weighted by Crippen LogP contribution is 2.33. The Bertz CT molecular complexity index is 1070. The molecule has 0 unspecified atom stereocenters. The zero-order valence-corrected chi connectivity index (χ0v) is 13.9. The summed E-state index contributed by atoms with van der Waals surface area (Å²) < 4.78 is 53.2. The molecule has 4 aromatic rings. The van der Waals surface area contributed by atoms with E-state index in [9.17, 15) is 17.6 Å². The van der Waals surface area contributed by atoms with E-state index in [2.05, 4.69) is 15.3 Å². The molecule has 2 aromatic heterocycles. The molecule has 0 aliphatic carbocycles. The van der Waals surface area contributed by atoms with Crippen molar-refractivity contribution >= 4 is 16.3 Å². The fraction of sp³-hybridized carbons (Fsp3) is 0.118. The summed E-state index contributed by atoms with van der Waals surface area (Å²) in [5.41, 5.74) is 0.463. The molecule has 132 valence electrons. The van der Waals surface area contributed by atoms with E-state index in [4.69, 9.17) is 0 Å². The van der Waals surface area contributed by atoms with Crippen molar-refractivity contribution in [1.82, 2.24) is 19.8 Å². The first-order valence-electron chi connectivity index (χ1n) is 7.53. The number of nitrogens with zero attached hydrogens (tertiary/aromatic N) is 4. The molecular weight excluding hydrogens is 368 g/mol. The second-order valence-corrected chi connectivity index (χ2v) is 6.56.